The number of ether oxygens (including phenoxy) is 2. The van der Waals surface area contributed by atoms with E-state index in [9.17, 15) is 5.11 Å². The fourth-order valence-electron chi connectivity index (χ4n) is 2.36. The topological polar surface area (TPSA) is 38.7 Å². The van der Waals surface area contributed by atoms with Crippen LogP contribution in [-0.4, -0.2) is 41.8 Å². The summed E-state index contributed by atoms with van der Waals surface area (Å²) in [5.41, 5.74) is 0.700. The predicted molar refractivity (Wildman–Crippen MR) is 68.1 cm³/mol. The highest BCUT2D eigenvalue weighted by molar-refractivity contribution is 7.59. The van der Waals surface area contributed by atoms with Crippen LogP contribution in [0, 0.1) is 0 Å². The van der Waals surface area contributed by atoms with Crippen LogP contribution in [0.5, 0.6) is 0 Å². The maximum atomic E-state index is 10.1. The van der Waals surface area contributed by atoms with Crippen LogP contribution >= 0.6 is 7.92 Å². The van der Waals surface area contributed by atoms with Gasteiger partial charge in [0.25, 0.3) is 0 Å². The molecular weight excluding hydrogens is 223 g/mol. The summed E-state index contributed by atoms with van der Waals surface area (Å²) in [4.78, 5) is 0. The van der Waals surface area contributed by atoms with Crippen LogP contribution in [0.3, 0.4) is 0 Å². The Morgan fingerprint density at radius 1 is 1.62 bits per heavy atom. The van der Waals surface area contributed by atoms with E-state index in [1.807, 2.05) is 6.92 Å². The minimum absolute atomic E-state index is 0.217. The van der Waals surface area contributed by atoms with Gasteiger partial charge in [-0.25, -0.2) is 0 Å². The van der Waals surface area contributed by atoms with Crippen LogP contribution in [-0.2, 0) is 9.47 Å². The molecule has 1 heterocycles. The molecular formula is C12H25O3P. The molecule has 0 aliphatic carbocycles. The lowest BCUT2D eigenvalue weighted by Gasteiger charge is -2.46. The smallest absolute Gasteiger partial charge is 0.165 e. The second-order valence-corrected chi connectivity index (χ2v) is 8.11. The van der Waals surface area contributed by atoms with Gasteiger partial charge in [-0.3, -0.25) is 0 Å². The quantitative estimate of drug-likeness (QED) is 0.614. The molecule has 4 heteroatoms. The lowest BCUT2D eigenvalue weighted by molar-refractivity contribution is -0.211. The van der Waals surface area contributed by atoms with Crippen molar-refractivity contribution in [1.29, 1.82) is 0 Å². The standard InChI is InChI=1S/C12H25O3P/c1-6-14-11(3,13)9-12(4)15-8-7-10(2)16(12)5/h10,13H,6-9H2,1-5H3. The van der Waals surface area contributed by atoms with Gasteiger partial charge in [-0.2, -0.15) is 0 Å². The van der Waals surface area contributed by atoms with E-state index in [-0.39, 0.29) is 13.3 Å². The van der Waals surface area contributed by atoms with Gasteiger partial charge in [0, 0.05) is 19.6 Å². The molecule has 0 aromatic carbocycles. The Labute approximate surface area is 100 Å². The molecule has 0 radical (unpaired) electrons. The van der Waals surface area contributed by atoms with Crippen molar-refractivity contribution in [3.63, 3.8) is 0 Å². The molecule has 1 rings (SSSR count). The van der Waals surface area contributed by atoms with Crippen molar-refractivity contribution in [1.82, 2.24) is 0 Å². The number of hydrogen-bond donors (Lipinski definition) is 1. The zero-order valence-electron chi connectivity index (χ0n) is 11.1. The average Bonchev–Trinajstić information content (AvgIpc) is 2.13. The first-order valence-electron chi connectivity index (χ1n) is 6.04. The molecule has 0 aromatic rings. The first-order valence-corrected chi connectivity index (χ1v) is 7.90. The Balaban J connectivity index is 2.69. The van der Waals surface area contributed by atoms with Crippen molar-refractivity contribution in [3.05, 3.63) is 0 Å². The van der Waals surface area contributed by atoms with Gasteiger partial charge in [-0.15, -0.1) is 0 Å². The monoisotopic (exact) mass is 248 g/mol. The molecule has 96 valence electrons. The van der Waals surface area contributed by atoms with Crippen molar-refractivity contribution >= 4 is 7.92 Å². The van der Waals surface area contributed by atoms with Crippen LogP contribution in [0.2, 0.25) is 0 Å². The summed E-state index contributed by atoms with van der Waals surface area (Å²) in [6.45, 7) is 11.6. The first kappa shape index (κ1) is 14.4. The highest BCUT2D eigenvalue weighted by Crippen LogP contribution is 2.57. The molecule has 4 atom stereocenters. The summed E-state index contributed by atoms with van der Waals surface area (Å²) in [5.74, 6) is -1.07. The SMILES string of the molecule is CCOC(C)(O)CC1(C)OCCC(C)P1C. The highest BCUT2D eigenvalue weighted by atomic mass is 31.1. The Kier molecular flexibility index (Phi) is 4.76. The zero-order chi connectivity index (χ0) is 12.4. The Hall–Kier alpha value is 0.310. The van der Waals surface area contributed by atoms with Gasteiger partial charge in [-0.1, -0.05) is 14.8 Å². The second-order valence-electron chi connectivity index (χ2n) is 5.06. The van der Waals surface area contributed by atoms with E-state index in [0.29, 0.717) is 18.7 Å². The minimum atomic E-state index is -1.07. The van der Waals surface area contributed by atoms with Gasteiger partial charge in [-0.05, 0) is 39.5 Å². The molecule has 1 aliphatic heterocycles. The summed E-state index contributed by atoms with van der Waals surface area (Å²) in [6, 6.07) is 0. The maximum absolute atomic E-state index is 10.1. The third kappa shape index (κ3) is 3.40. The van der Waals surface area contributed by atoms with E-state index in [0.717, 1.165) is 13.0 Å². The molecule has 1 N–H and O–H groups in total. The minimum Gasteiger partial charge on any atom is -0.371 e. The van der Waals surface area contributed by atoms with Crippen LogP contribution in [0.1, 0.15) is 40.5 Å². The van der Waals surface area contributed by atoms with Gasteiger partial charge in [0.05, 0.1) is 5.34 Å². The van der Waals surface area contributed by atoms with Gasteiger partial charge in [0.15, 0.2) is 5.79 Å². The maximum Gasteiger partial charge on any atom is 0.165 e. The van der Waals surface area contributed by atoms with Crippen molar-refractivity contribution in [2.24, 2.45) is 0 Å². The number of aliphatic hydroxyl groups is 1. The van der Waals surface area contributed by atoms with Gasteiger partial charge >= 0.3 is 0 Å². The lowest BCUT2D eigenvalue weighted by atomic mass is 10.1. The van der Waals surface area contributed by atoms with Crippen molar-refractivity contribution in [2.75, 3.05) is 19.9 Å². The molecule has 3 nitrogen and oxygen atoms in total. The molecule has 0 saturated carbocycles. The average molecular weight is 248 g/mol. The predicted octanol–water partition coefficient (Wildman–Crippen LogP) is 2.76. The zero-order valence-corrected chi connectivity index (χ0v) is 12.0. The summed E-state index contributed by atoms with van der Waals surface area (Å²) in [7, 11) is -0.236. The summed E-state index contributed by atoms with van der Waals surface area (Å²) < 4.78 is 11.3. The van der Waals surface area contributed by atoms with Crippen molar-refractivity contribution in [2.45, 2.75) is 57.3 Å². The summed E-state index contributed by atoms with van der Waals surface area (Å²) >= 11 is 0. The fourth-order valence-corrected chi connectivity index (χ4v) is 4.62. The highest BCUT2D eigenvalue weighted by Gasteiger charge is 2.43. The molecule has 1 aliphatic rings. The third-order valence-corrected chi connectivity index (χ3v) is 6.83. The van der Waals surface area contributed by atoms with Crippen LogP contribution in [0.15, 0.2) is 0 Å². The van der Waals surface area contributed by atoms with Gasteiger partial charge < -0.3 is 14.6 Å². The Bertz CT molecular complexity index is 232. The van der Waals surface area contributed by atoms with Crippen LogP contribution < -0.4 is 0 Å². The van der Waals surface area contributed by atoms with E-state index < -0.39 is 5.79 Å². The molecule has 0 spiro atoms. The lowest BCUT2D eigenvalue weighted by Crippen LogP contribution is -2.43. The van der Waals surface area contributed by atoms with E-state index >= 15 is 0 Å². The molecule has 1 saturated heterocycles. The third-order valence-electron chi connectivity index (χ3n) is 3.47. The van der Waals surface area contributed by atoms with E-state index in [1.165, 1.54) is 0 Å². The fraction of sp³-hybridized carbons (Fsp3) is 1.00. The van der Waals surface area contributed by atoms with E-state index in [4.69, 9.17) is 9.47 Å². The largest absolute Gasteiger partial charge is 0.371 e. The number of hydrogen-bond acceptors (Lipinski definition) is 3. The van der Waals surface area contributed by atoms with Gasteiger partial charge in [0.2, 0.25) is 0 Å². The molecule has 0 amide bonds. The summed E-state index contributed by atoms with van der Waals surface area (Å²) in [6.07, 6.45) is 1.69. The molecule has 0 bridgehead atoms. The Morgan fingerprint density at radius 2 is 2.25 bits per heavy atom. The number of rotatable bonds is 4. The van der Waals surface area contributed by atoms with Gasteiger partial charge in [0.1, 0.15) is 0 Å². The molecule has 4 unspecified atom stereocenters. The second kappa shape index (κ2) is 5.30. The van der Waals surface area contributed by atoms with Crippen LogP contribution in [0.25, 0.3) is 0 Å². The normalized spacial score (nSPS) is 39.4. The molecule has 16 heavy (non-hydrogen) atoms. The Morgan fingerprint density at radius 3 is 2.81 bits per heavy atom. The first-order chi connectivity index (χ1) is 7.31. The molecule has 1 fully saturated rings. The summed E-state index contributed by atoms with van der Waals surface area (Å²) in [5, 5.41) is 9.93. The van der Waals surface area contributed by atoms with E-state index in [1.54, 1.807) is 6.92 Å². The molecule has 0 aromatic heterocycles. The van der Waals surface area contributed by atoms with Crippen molar-refractivity contribution in [3.8, 4) is 0 Å². The van der Waals surface area contributed by atoms with Crippen molar-refractivity contribution < 1.29 is 14.6 Å². The van der Waals surface area contributed by atoms with E-state index in [2.05, 4.69) is 20.5 Å². The van der Waals surface area contributed by atoms with Crippen LogP contribution in [0.4, 0.5) is 0 Å².